The van der Waals surface area contributed by atoms with Crippen LogP contribution in [0.5, 0.6) is 5.75 Å². The summed E-state index contributed by atoms with van der Waals surface area (Å²) in [5.41, 5.74) is 0.930. The van der Waals surface area contributed by atoms with Gasteiger partial charge in [0.25, 0.3) is 0 Å². The Morgan fingerprint density at radius 2 is 2.21 bits per heavy atom. The third kappa shape index (κ3) is 3.52. The van der Waals surface area contributed by atoms with Gasteiger partial charge >= 0.3 is 0 Å². The minimum absolute atomic E-state index is 0.267. The summed E-state index contributed by atoms with van der Waals surface area (Å²) < 4.78 is 0. The van der Waals surface area contributed by atoms with Crippen molar-refractivity contribution in [2.75, 3.05) is 6.54 Å². The molecule has 0 bridgehead atoms. The number of aryl methyl sites for hydroxylation is 1. The van der Waals surface area contributed by atoms with E-state index in [1.807, 2.05) is 12.1 Å². The number of aromatic nitrogens is 2. The minimum atomic E-state index is 0.267. The summed E-state index contributed by atoms with van der Waals surface area (Å²) in [6.07, 6.45) is 4.74. The van der Waals surface area contributed by atoms with Crippen LogP contribution in [0.4, 0.5) is 0 Å². The van der Waals surface area contributed by atoms with E-state index in [2.05, 4.69) is 15.5 Å². The van der Waals surface area contributed by atoms with Crippen molar-refractivity contribution < 1.29 is 5.11 Å². The third-order valence-electron chi connectivity index (χ3n) is 3.14. The van der Waals surface area contributed by atoms with E-state index in [-0.39, 0.29) is 5.75 Å². The van der Waals surface area contributed by atoms with Crippen LogP contribution in [-0.2, 0) is 6.42 Å². The zero-order chi connectivity index (χ0) is 13.1. The number of rotatable bonds is 6. The molecule has 0 radical (unpaired) electrons. The predicted molar refractivity (Wildman–Crippen MR) is 76.4 cm³/mol. The highest BCUT2D eigenvalue weighted by atomic mass is 32.1. The molecule has 1 aliphatic rings. The van der Waals surface area contributed by atoms with Gasteiger partial charge in [0.05, 0.1) is 0 Å². The van der Waals surface area contributed by atoms with Crippen LogP contribution in [0.25, 0.3) is 10.6 Å². The molecule has 0 atom stereocenters. The standard InChI is InChI=1S/C14H17N3OS/c18-12-4-1-3-10(9-12)14-17-16-13(19-14)5-2-8-15-11-6-7-11/h1,3-4,9,11,15,18H,2,5-8H2. The summed E-state index contributed by atoms with van der Waals surface area (Å²) in [5, 5.41) is 23.3. The normalized spacial score (nSPS) is 14.7. The lowest BCUT2D eigenvalue weighted by molar-refractivity contribution is 0.475. The summed E-state index contributed by atoms with van der Waals surface area (Å²) in [6.45, 7) is 1.06. The van der Waals surface area contributed by atoms with E-state index in [9.17, 15) is 5.11 Å². The molecule has 5 heteroatoms. The molecule has 0 spiro atoms. The highest BCUT2D eigenvalue weighted by Gasteiger charge is 2.19. The first-order chi connectivity index (χ1) is 9.31. The zero-order valence-corrected chi connectivity index (χ0v) is 11.5. The van der Waals surface area contributed by atoms with E-state index in [1.165, 1.54) is 12.8 Å². The number of phenolic OH excluding ortho intramolecular Hbond substituents is 1. The fraction of sp³-hybridized carbons (Fsp3) is 0.429. The molecule has 3 rings (SSSR count). The summed E-state index contributed by atoms with van der Waals surface area (Å²) >= 11 is 1.61. The molecule has 19 heavy (non-hydrogen) atoms. The quantitative estimate of drug-likeness (QED) is 0.796. The van der Waals surface area contributed by atoms with Gasteiger partial charge in [0, 0.05) is 18.0 Å². The maximum atomic E-state index is 9.46. The molecule has 1 saturated carbocycles. The molecule has 0 aliphatic heterocycles. The number of phenols is 1. The third-order valence-corrected chi connectivity index (χ3v) is 4.17. The van der Waals surface area contributed by atoms with E-state index in [0.29, 0.717) is 0 Å². The van der Waals surface area contributed by atoms with Crippen LogP contribution >= 0.6 is 11.3 Å². The van der Waals surface area contributed by atoms with Crippen LogP contribution in [0.1, 0.15) is 24.3 Å². The fourth-order valence-electron chi connectivity index (χ4n) is 1.94. The molecule has 1 heterocycles. The summed E-state index contributed by atoms with van der Waals surface area (Å²) in [6, 6.07) is 7.93. The van der Waals surface area contributed by atoms with Gasteiger partial charge in [-0.05, 0) is 37.9 Å². The molecular formula is C14H17N3OS. The number of nitrogens with one attached hydrogen (secondary N) is 1. The second-order valence-electron chi connectivity index (χ2n) is 4.88. The molecule has 2 N–H and O–H groups in total. The number of hydrogen-bond donors (Lipinski definition) is 2. The Hall–Kier alpha value is -1.46. The van der Waals surface area contributed by atoms with Crippen molar-refractivity contribution in [3.8, 4) is 16.3 Å². The van der Waals surface area contributed by atoms with Crippen LogP contribution in [0.3, 0.4) is 0 Å². The van der Waals surface area contributed by atoms with Crippen molar-refractivity contribution in [2.24, 2.45) is 0 Å². The Kier molecular flexibility index (Phi) is 3.75. The van der Waals surface area contributed by atoms with E-state index in [4.69, 9.17) is 0 Å². The lowest BCUT2D eigenvalue weighted by Crippen LogP contribution is -2.17. The van der Waals surface area contributed by atoms with Crippen LogP contribution in [0.15, 0.2) is 24.3 Å². The van der Waals surface area contributed by atoms with Gasteiger partial charge in [-0.15, -0.1) is 10.2 Å². The number of nitrogens with zero attached hydrogens (tertiary/aromatic N) is 2. The van der Waals surface area contributed by atoms with Crippen LogP contribution in [0.2, 0.25) is 0 Å². The zero-order valence-electron chi connectivity index (χ0n) is 10.7. The molecular weight excluding hydrogens is 258 g/mol. The van der Waals surface area contributed by atoms with E-state index in [1.54, 1.807) is 23.5 Å². The fourth-order valence-corrected chi connectivity index (χ4v) is 2.82. The van der Waals surface area contributed by atoms with Gasteiger partial charge in [0.2, 0.25) is 0 Å². The number of benzene rings is 1. The highest BCUT2D eigenvalue weighted by Crippen LogP contribution is 2.26. The van der Waals surface area contributed by atoms with Crippen molar-refractivity contribution >= 4 is 11.3 Å². The molecule has 1 aliphatic carbocycles. The maximum absolute atomic E-state index is 9.46. The van der Waals surface area contributed by atoms with Gasteiger partial charge in [-0.1, -0.05) is 23.5 Å². The first-order valence-electron chi connectivity index (χ1n) is 6.66. The van der Waals surface area contributed by atoms with E-state index >= 15 is 0 Å². The van der Waals surface area contributed by atoms with Gasteiger partial charge in [-0.2, -0.15) is 0 Å². The van der Waals surface area contributed by atoms with Crippen molar-refractivity contribution in [1.82, 2.24) is 15.5 Å². The summed E-state index contributed by atoms with van der Waals surface area (Å²) in [7, 11) is 0. The van der Waals surface area contributed by atoms with Crippen molar-refractivity contribution in [3.05, 3.63) is 29.3 Å². The Labute approximate surface area is 116 Å². The minimum Gasteiger partial charge on any atom is -0.508 e. The SMILES string of the molecule is Oc1cccc(-c2nnc(CCCNC3CC3)s2)c1. The molecule has 0 saturated heterocycles. The molecule has 1 aromatic carbocycles. The van der Waals surface area contributed by atoms with E-state index in [0.717, 1.165) is 41.0 Å². The van der Waals surface area contributed by atoms with Gasteiger partial charge < -0.3 is 10.4 Å². The van der Waals surface area contributed by atoms with Gasteiger partial charge in [0.15, 0.2) is 0 Å². The van der Waals surface area contributed by atoms with Gasteiger partial charge in [-0.25, -0.2) is 0 Å². The molecule has 100 valence electrons. The first kappa shape index (κ1) is 12.6. The predicted octanol–water partition coefficient (Wildman–Crippen LogP) is 2.60. The Balaban J connectivity index is 1.56. The smallest absolute Gasteiger partial charge is 0.147 e. The van der Waals surface area contributed by atoms with Crippen LogP contribution in [0, 0.1) is 0 Å². The summed E-state index contributed by atoms with van der Waals surface area (Å²) in [5.74, 6) is 0.267. The molecule has 4 nitrogen and oxygen atoms in total. The lowest BCUT2D eigenvalue weighted by Gasteiger charge is -1.99. The topological polar surface area (TPSA) is 58.0 Å². The molecule has 0 unspecified atom stereocenters. The largest absolute Gasteiger partial charge is 0.508 e. The monoisotopic (exact) mass is 275 g/mol. The lowest BCUT2D eigenvalue weighted by atomic mass is 10.2. The average Bonchev–Trinajstić information content (AvgIpc) is 3.11. The Bertz CT molecular complexity index is 551. The molecule has 1 aromatic heterocycles. The summed E-state index contributed by atoms with van der Waals surface area (Å²) in [4.78, 5) is 0. The maximum Gasteiger partial charge on any atom is 0.147 e. The Morgan fingerprint density at radius 3 is 3.00 bits per heavy atom. The second-order valence-corrected chi connectivity index (χ2v) is 5.95. The van der Waals surface area contributed by atoms with Gasteiger partial charge in [0.1, 0.15) is 15.8 Å². The molecule has 2 aromatic rings. The van der Waals surface area contributed by atoms with Crippen LogP contribution < -0.4 is 5.32 Å². The Morgan fingerprint density at radius 1 is 1.32 bits per heavy atom. The van der Waals surface area contributed by atoms with Crippen molar-refractivity contribution in [2.45, 2.75) is 31.7 Å². The highest BCUT2D eigenvalue weighted by molar-refractivity contribution is 7.14. The first-order valence-corrected chi connectivity index (χ1v) is 7.48. The molecule has 1 fully saturated rings. The van der Waals surface area contributed by atoms with Crippen molar-refractivity contribution in [1.29, 1.82) is 0 Å². The van der Waals surface area contributed by atoms with Crippen LogP contribution in [-0.4, -0.2) is 27.9 Å². The van der Waals surface area contributed by atoms with Gasteiger partial charge in [-0.3, -0.25) is 0 Å². The van der Waals surface area contributed by atoms with E-state index < -0.39 is 0 Å². The molecule has 0 amide bonds. The number of hydrogen-bond acceptors (Lipinski definition) is 5. The van der Waals surface area contributed by atoms with Crippen molar-refractivity contribution in [3.63, 3.8) is 0 Å². The average molecular weight is 275 g/mol. The number of aromatic hydroxyl groups is 1. The second kappa shape index (κ2) is 5.67.